The fraction of sp³-hybridized carbons (Fsp3) is 0.296. The molecule has 0 radical (unpaired) electrons. The fourth-order valence-corrected chi connectivity index (χ4v) is 4.96. The summed E-state index contributed by atoms with van der Waals surface area (Å²) in [5.41, 5.74) is 3.29. The highest BCUT2D eigenvalue weighted by Crippen LogP contribution is 2.29. The van der Waals surface area contributed by atoms with Gasteiger partial charge in [-0.05, 0) is 48.7 Å². The summed E-state index contributed by atoms with van der Waals surface area (Å²) >= 11 is 0. The van der Waals surface area contributed by atoms with E-state index in [1.54, 1.807) is 30.6 Å². The van der Waals surface area contributed by atoms with Gasteiger partial charge in [0.05, 0.1) is 42.5 Å². The first-order chi connectivity index (χ1) is 18.6. The third-order valence-electron chi connectivity index (χ3n) is 6.94. The molecule has 0 atom stereocenters. The molecule has 0 bridgehead atoms. The zero-order chi connectivity index (χ0) is 26.1. The molecule has 11 heteroatoms. The molecule has 11 nitrogen and oxygen atoms in total. The first kappa shape index (κ1) is 23.9. The normalized spacial score (nSPS) is 15.7. The van der Waals surface area contributed by atoms with Crippen LogP contribution in [0.1, 0.15) is 23.3 Å². The van der Waals surface area contributed by atoms with Crippen molar-refractivity contribution in [3.05, 3.63) is 60.7 Å². The summed E-state index contributed by atoms with van der Waals surface area (Å²) in [5, 5.41) is 17.1. The van der Waals surface area contributed by atoms with E-state index >= 15 is 0 Å². The number of amides is 1. The van der Waals surface area contributed by atoms with Gasteiger partial charge >= 0.3 is 12.0 Å². The van der Waals surface area contributed by atoms with E-state index in [0.29, 0.717) is 29.8 Å². The molecule has 5 heterocycles. The summed E-state index contributed by atoms with van der Waals surface area (Å²) in [6.45, 7) is 4.85. The molecule has 0 saturated carbocycles. The Morgan fingerprint density at radius 2 is 1.71 bits per heavy atom. The maximum atomic E-state index is 13.1. The number of morpholine rings is 1. The minimum Gasteiger partial charge on any atom is -0.476 e. The Morgan fingerprint density at radius 1 is 0.895 bits per heavy atom. The van der Waals surface area contributed by atoms with Crippen LogP contribution < -0.4 is 15.1 Å². The number of carbonyl (C=O) groups excluding carboxylic acids is 1. The fourth-order valence-electron chi connectivity index (χ4n) is 4.96. The molecule has 0 unspecified atom stereocenters. The van der Waals surface area contributed by atoms with Crippen molar-refractivity contribution in [1.29, 1.82) is 0 Å². The minimum absolute atomic E-state index is 0.197. The number of nitrogens with one attached hydrogen (secondary N) is 1. The van der Waals surface area contributed by atoms with E-state index in [2.05, 4.69) is 30.2 Å². The summed E-state index contributed by atoms with van der Waals surface area (Å²) in [4.78, 5) is 38.4. The lowest BCUT2D eigenvalue weighted by atomic mass is 10.0. The molecule has 2 fully saturated rings. The Labute approximate surface area is 218 Å². The number of aromatic nitrogens is 4. The average Bonchev–Trinajstić information content (AvgIpc) is 3.63. The summed E-state index contributed by atoms with van der Waals surface area (Å²) in [6.07, 6.45) is 7.44. The predicted octanol–water partition coefficient (Wildman–Crippen LogP) is 3.71. The van der Waals surface area contributed by atoms with Crippen LogP contribution in [-0.4, -0.2) is 76.2 Å². The van der Waals surface area contributed by atoms with E-state index < -0.39 is 12.0 Å². The number of carboxylic acids is 1. The van der Waals surface area contributed by atoms with Crippen molar-refractivity contribution in [3.63, 3.8) is 0 Å². The van der Waals surface area contributed by atoms with Crippen LogP contribution in [0.2, 0.25) is 0 Å². The summed E-state index contributed by atoms with van der Waals surface area (Å²) in [7, 11) is 0. The van der Waals surface area contributed by atoms with Crippen molar-refractivity contribution in [2.24, 2.45) is 0 Å². The number of aromatic carboxylic acids is 1. The van der Waals surface area contributed by atoms with E-state index in [1.807, 2.05) is 24.4 Å². The first-order valence-electron chi connectivity index (χ1n) is 12.6. The predicted molar refractivity (Wildman–Crippen MR) is 143 cm³/mol. The molecule has 1 aromatic carbocycles. The monoisotopic (exact) mass is 513 g/mol. The molecule has 2 saturated heterocycles. The van der Waals surface area contributed by atoms with Gasteiger partial charge in [0.1, 0.15) is 5.82 Å². The van der Waals surface area contributed by atoms with Gasteiger partial charge in [-0.15, -0.1) is 0 Å². The molecule has 6 rings (SSSR count). The van der Waals surface area contributed by atoms with Gasteiger partial charge in [-0.2, -0.15) is 9.78 Å². The summed E-state index contributed by atoms with van der Waals surface area (Å²) in [6, 6.07) is 10.4. The van der Waals surface area contributed by atoms with Crippen LogP contribution in [0.3, 0.4) is 0 Å². The van der Waals surface area contributed by atoms with Crippen LogP contribution in [0, 0.1) is 0 Å². The van der Waals surface area contributed by atoms with E-state index in [-0.39, 0.29) is 5.69 Å². The van der Waals surface area contributed by atoms with Crippen LogP contribution >= 0.6 is 0 Å². The number of nitrogens with zero attached hydrogens (tertiary/aromatic N) is 6. The standard InChI is InChI=1S/C27H27N7O4/c35-26(36)25-22-14-18(19-13-21(17-28-15-19)32-9-11-38-12-10-32)3-5-23(22)34(31-25)27(37)30-20-4-6-24(29-16-20)33-7-1-2-8-33/h3-6,13-17H,1-2,7-12H2,(H,30,37)(H,35,36). The van der Waals surface area contributed by atoms with Gasteiger partial charge in [0, 0.05) is 43.3 Å². The highest BCUT2D eigenvalue weighted by molar-refractivity contribution is 6.06. The van der Waals surface area contributed by atoms with Gasteiger partial charge in [0.25, 0.3) is 0 Å². The zero-order valence-electron chi connectivity index (χ0n) is 20.7. The Morgan fingerprint density at radius 3 is 2.45 bits per heavy atom. The van der Waals surface area contributed by atoms with Gasteiger partial charge in [0.15, 0.2) is 5.69 Å². The van der Waals surface area contributed by atoms with Crippen LogP contribution in [-0.2, 0) is 4.74 Å². The smallest absolute Gasteiger partial charge is 0.357 e. The molecule has 2 aliphatic rings. The maximum Gasteiger partial charge on any atom is 0.357 e. The Kier molecular flexibility index (Phi) is 6.34. The van der Waals surface area contributed by atoms with Gasteiger partial charge < -0.3 is 25.0 Å². The molecule has 4 aromatic rings. The Balaban J connectivity index is 1.28. The lowest BCUT2D eigenvalue weighted by Crippen LogP contribution is -2.36. The Bertz CT molecular complexity index is 1490. The number of anilines is 3. The largest absolute Gasteiger partial charge is 0.476 e. The SMILES string of the molecule is O=C(O)c1nn(C(=O)Nc2ccc(N3CCCC3)nc2)c2ccc(-c3cncc(N4CCOCC4)c3)cc12. The van der Waals surface area contributed by atoms with E-state index in [0.717, 1.165) is 66.3 Å². The van der Waals surface area contributed by atoms with Gasteiger partial charge in [-0.25, -0.2) is 14.6 Å². The number of benzene rings is 1. The van der Waals surface area contributed by atoms with Crippen molar-refractivity contribution in [2.75, 3.05) is 54.5 Å². The second-order valence-electron chi connectivity index (χ2n) is 9.36. The second kappa shape index (κ2) is 10.1. The Hall–Kier alpha value is -4.51. The number of pyridine rings is 2. The maximum absolute atomic E-state index is 13.1. The number of hydrogen-bond donors (Lipinski definition) is 2. The molecule has 1 amide bonds. The van der Waals surface area contributed by atoms with Crippen molar-refractivity contribution in [3.8, 4) is 11.1 Å². The highest BCUT2D eigenvalue weighted by Gasteiger charge is 2.22. The first-order valence-corrected chi connectivity index (χ1v) is 12.6. The number of ether oxygens (including phenoxy) is 1. The third-order valence-corrected chi connectivity index (χ3v) is 6.94. The number of rotatable bonds is 5. The lowest BCUT2D eigenvalue weighted by molar-refractivity contribution is 0.0692. The molecular formula is C27H27N7O4. The van der Waals surface area contributed by atoms with Crippen LogP contribution in [0.25, 0.3) is 22.0 Å². The number of carbonyl (C=O) groups is 2. The van der Waals surface area contributed by atoms with E-state index in [9.17, 15) is 14.7 Å². The van der Waals surface area contributed by atoms with E-state index in [1.165, 1.54) is 0 Å². The van der Waals surface area contributed by atoms with Gasteiger partial charge in [0.2, 0.25) is 0 Å². The third kappa shape index (κ3) is 4.63. The molecule has 0 spiro atoms. The highest BCUT2D eigenvalue weighted by atomic mass is 16.5. The molecule has 2 aliphatic heterocycles. The second-order valence-corrected chi connectivity index (χ2v) is 9.36. The quantitative estimate of drug-likeness (QED) is 0.411. The molecule has 194 valence electrons. The van der Waals surface area contributed by atoms with Crippen LogP contribution in [0.5, 0.6) is 0 Å². The minimum atomic E-state index is -1.21. The molecule has 0 aliphatic carbocycles. The summed E-state index contributed by atoms with van der Waals surface area (Å²) in [5.74, 6) is -0.339. The van der Waals surface area contributed by atoms with Crippen molar-refractivity contribution < 1.29 is 19.4 Å². The summed E-state index contributed by atoms with van der Waals surface area (Å²) < 4.78 is 6.52. The van der Waals surface area contributed by atoms with Gasteiger partial charge in [-0.3, -0.25) is 4.98 Å². The number of fused-ring (bicyclic) bond motifs is 1. The topological polar surface area (TPSA) is 126 Å². The average molecular weight is 514 g/mol. The van der Waals surface area contributed by atoms with Gasteiger partial charge in [-0.1, -0.05) is 6.07 Å². The number of carboxylic acid groups (broad SMARTS) is 1. The molecule has 2 N–H and O–H groups in total. The van der Waals surface area contributed by atoms with Crippen LogP contribution in [0.4, 0.5) is 22.0 Å². The van der Waals surface area contributed by atoms with E-state index in [4.69, 9.17) is 4.74 Å². The molecule has 3 aromatic heterocycles. The van der Waals surface area contributed by atoms with Crippen molar-refractivity contribution in [2.45, 2.75) is 12.8 Å². The van der Waals surface area contributed by atoms with Crippen LogP contribution in [0.15, 0.2) is 55.0 Å². The lowest BCUT2D eigenvalue weighted by Gasteiger charge is -2.28. The zero-order valence-corrected chi connectivity index (χ0v) is 20.7. The molecule has 38 heavy (non-hydrogen) atoms. The number of hydrogen-bond acceptors (Lipinski definition) is 8. The molecular weight excluding hydrogens is 486 g/mol. The van der Waals surface area contributed by atoms with Crippen molar-refractivity contribution >= 4 is 40.1 Å². The van der Waals surface area contributed by atoms with Crippen molar-refractivity contribution in [1.82, 2.24) is 19.7 Å².